The van der Waals surface area contributed by atoms with Crippen molar-refractivity contribution in [2.45, 2.75) is 31.7 Å². The number of aliphatic imine (C=N–C) groups is 1. The molecule has 2 rings (SSSR count). The number of hydrogen-bond donors (Lipinski definition) is 2. The molecule has 0 saturated heterocycles. The van der Waals surface area contributed by atoms with Gasteiger partial charge in [0.05, 0.1) is 18.0 Å². The highest BCUT2D eigenvalue weighted by molar-refractivity contribution is 14.0. The fourth-order valence-electron chi connectivity index (χ4n) is 2.67. The summed E-state index contributed by atoms with van der Waals surface area (Å²) in [5.74, 6) is 1.59. The number of nitrogens with one attached hydrogen (secondary N) is 2. The number of nitrogens with zero attached hydrogens (tertiary/aromatic N) is 1. The summed E-state index contributed by atoms with van der Waals surface area (Å²) < 4.78 is 28.7. The molecule has 0 aliphatic carbocycles. The van der Waals surface area contributed by atoms with Gasteiger partial charge < -0.3 is 15.4 Å². The Labute approximate surface area is 191 Å². The molecule has 2 N–H and O–H groups in total. The van der Waals surface area contributed by atoms with Gasteiger partial charge in [0, 0.05) is 24.9 Å². The average Bonchev–Trinajstić information content (AvgIpc) is 2.67. The Morgan fingerprint density at radius 3 is 2.34 bits per heavy atom. The first kappa shape index (κ1) is 25.2. The van der Waals surface area contributed by atoms with Crippen molar-refractivity contribution in [2.75, 3.05) is 26.0 Å². The molecule has 0 atom stereocenters. The Bertz CT molecular complexity index is 884. The monoisotopic (exact) mass is 531 g/mol. The SMILES string of the molecule is CCNC(=NCc1ccccc1OCC)NCCc1ccc(S(C)(=O)=O)cc1.I. The van der Waals surface area contributed by atoms with Crippen LogP contribution in [0.25, 0.3) is 0 Å². The first-order valence-electron chi connectivity index (χ1n) is 9.46. The number of sulfone groups is 1. The quantitative estimate of drug-likeness (QED) is 0.295. The maximum absolute atomic E-state index is 11.5. The van der Waals surface area contributed by atoms with E-state index in [9.17, 15) is 8.42 Å². The number of para-hydroxylation sites is 1. The van der Waals surface area contributed by atoms with E-state index < -0.39 is 9.84 Å². The van der Waals surface area contributed by atoms with E-state index in [1.807, 2.05) is 50.2 Å². The maximum Gasteiger partial charge on any atom is 0.191 e. The molecule has 0 spiro atoms. The summed E-state index contributed by atoms with van der Waals surface area (Å²) in [5.41, 5.74) is 2.11. The lowest BCUT2D eigenvalue weighted by atomic mass is 10.1. The number of ether oxygens (including phenoxy) is 1. The van der Waals surface area contributed by atoms with Gasteiger partial charge in [-0.1, -0.05) is 30.3 Å². The largest absolute Gasteiger partial charge is 0.494 e. The standard InChI is InChI=1S/C21H29N3O3S.HI/c1-4-22-21(24-16-18-8-6-7-9-20(18)27-5-2)23-15-14-17-10-12-19(13-11-17)28(3,25)26;/h6-13H,4-5,14-16H2,1-3H3,(H2,22,23,24);1H. The van der Waals surface area contributed by atoms with Gasteiger partial charge in [-0.25, -0.2) is 13.4 Å². The van der Waals surface area contributed by atoms with Gasteiger partial charge in [0.15, 0.2) is 15.8 Å². The van der Waals surface area contributed by atoms with Gasteiger partial charge >= 0.3 is 0 Å². The summed E-state index contributed by atoms with van der Waals surface area (Å²) in [7, 11) is -3.16. The summed E-state index contributed by atoms with van der Waals surface area (Å²) in [6.07, 6.45) is 1.98. The van der Waals surface area contributed by atoms with Gasteiger partial charge in [0.25, 0.3) is 0 Å². The Hall–Kier alpha value is -1.81. The van der Waals surface area contributed by atoms with Crippen LogP contribution in [0.5, 0.6) is 5.75 Å². The van der Waals surface area contributed by atoms with Crippen LogP contribution in [0.1, 0.15) is 25.0 Å². The summed E-state index contributed by atoms with van der Waals surface area (Å²) in [6.45, 7) is 6.59. The first-order valence-corrected chi connectivity index (χ1v) is 11.3. The lowest BCUT2D eigenvalue weighted by Crippen LogP contribution is -2.38. The molecule has 2 aromatic carbocycles. The predicted octanol–water partition coefficient (Wildman–Crippen LogP) is 3.40. The zero-order chi connectivity index (χ0) is 20.4. The molecule has 160 valence electrons. The molecule has 0 radical (unpaired) electrons. The van der Waals surface area contributed by atoms with Gasteiger partial charge in [0.2, 0.25) is 0 Å². The minimum absolute atomic E-state index is 0. The highest BCUT2D eigenvalue weighted by Crippen LogP contribution is 2.18. The third-order valence-corrected chi connectivity index (χ3v) is 5.21. The third-order valence-electron chi connectivity index (χ3n) is 4.08. The van der Waals surface area contributed by atoms with Crippen LogP contribution in [0.4, 0.5) is 0 Å². The molecule has 0 bridgehead atoms. The van der Waals surface area contributed by atoms with E-state index in [1.54, 1.807) is 12.1 Å². The van der Waals surface area contributed by atoms with Crippen LogP contribution >= 0.6 is 24.0 Å². The van der Waals surface area contributed by atoms with E-state index >= 15 is 0 Å². The smallest absolute Gasteiger partial charge is 0.191 e. The fourth-order valence-corrected chi connectivity index (χ4v) is 3.30. The van der Waals surface area contributed by atoms with Gasteiger partial charge in [-0.15, -0.1) is 24.0 Å². The van der Waals surface area contributed by atoms with E-state index in [2.05, 4.69) is 15.6 Å². The van der Waals surface area contributed by atoms with Gasteiger partial charge in [-0.3, -0.25) is 0 Å². The average molecular weight is 531 g/mol. The first-order chi connectivity index (χ1) is 13.4. The van der Waals surface area contributed by atoms with E-state index in [0.29, 0.717) is 24.6 Å². The normalized spacial score (nSPS) is 11.5. The summed E-state index contributed by atoms with van der Waals surface area (Å²) >= 11 is 0. The molecule has 0 aliphatic rings. The minimum Gasteiger partial charge on any atom is -0.494 e. The number of guanidine groups is 1. The molecule has 0 aliphatic heterocycles. The second-order valence-electron chi connectivity index (χ2n) is 6.33. The molecule has 8 heteroatoms. The Morgan fingerprint density at radius 1 is 1.03 bits per heavy atom. The third kappa shape index (κ3) is 8.61. The maximum atomic E-state index is 11.5. The second-order valence-corrected chi connectivity index (χ2v) is 8.34. The molecule has 0 amide bonds. The summed E-state index contributed by atoms with van der Waals surface area (Å²) in [5, 5.41) is 6.55. The second kappa shape index (κ2) is 12.7. The van der Waals surface area contributed by atoms with Crippen LogP contribution in [0.3, 0.4) is 0 Å². The van der Waals surface area contributed by atoms with Crippen LogP contribution in [-0.4, -0.2) is 40.3 Å². The van der Waals surface area contributed by atoms with Crippen LogP contribution in [0.2, 0.25) is 0 Å². The number of halogens is 1. The van der Waals surface area contributed by atoms with E-state index in [0.717, 1.165) is 35.8 Å². The molecule has 0 heterocycles. The van der Waals surface area contributed by atoms with Crippen molar-refractivity contribution < 1.29 is 13.2 Å². The molecular formula is C21H30IN3O3S. The molecule has 0 fully saturated rings. The van der Waals surface area contributed by atoms with E-state index in [1.165, 1.54) is 6.26 Å². The zero-order valence-corrected chi connectivity index (χ0v) is 20.3. The van der Waals surface area contributed by atoms with Crippen molar-refractivity contribution >= 4 is 39.8 Å². The van der Waals surface area contributed by atoms with Crippen LogP contribution in [0, 0.1) is 0 Å². The van der Waals surface area contributed by atoms with Crippen molar-refractivity contribution in [1.29, 1.82) is 0 Å². The van der Waals surface area contributed by atoms with Crippen LogP contribution in [0.15, 0.2) is 58.4 Å². The molecule has 0 aromatic heterocycles. The van der Waals surface area contributed by atoms with Crippen molar-refractivity contribution in [3.05, 3.63) is 59.7 Å². The topological polar surface area (TPSA) is 79.8 Å². The molecule has 6 nitrogen and oxygen atoms in total. The molecule has 0 saturated carbocycles. The Balaban J connectivity index is 0.00000420. The van der Waals surface area contributed by atoms with Crippen LogP contribution in [-0.2, 0) is 22.8 Å². The molecule has 2 aromatic rings. The lowest BCUT2D eigenvalue weighted by Gasteiger charge is -2.13. The van der Waals surface area contributed by atoms with E-state index in [-0.39, 0.29) is 24.0 Å². The van der Waals surface area contributed by atoms with E-state index in [4.69, 9.17) is 4.74 Å². The predicted molar refractivity (Wildman–Crippen MR) is 129 cm³/mol. The number of hydrogen-bond acceptors (Lipinski definition) is 4. The highest BCUT2D eigenvalue weighted by atomic mass is 127. The molecule has 29 heavy (non-hydrogen) atoms. The zero-order valence-electron chi connectivity index (χ0n) is 17.1. The lowest BCUT2D eigenvalue weighted by molar-refractivity contribution is 0.336. The number of rotatable bonds is 9. The van der Waals surface area contributed by atoms with Gasteiger partial charge in [0.1, 0.15) is 5.75 Å². The van der Waals surface area contributed by atoms with Crippen molar-refractivity contribution in [3.63, 3.8) is 0 Å². The summed E-state index contributed by atoms with van der Waals surface area (Å²) in [6, 6.07) is 14.9. The Kier molecular flexibility index (Phi) is 11.0. The highest BCUT2D eigenvalue weighted by Gasteiger charge is 2.06. The van der Waals surface area contributed by atoms with Crippen molar-refractivity contribution in [3.8, 4) is 5.75 Å². The minimum atomic E-state index is -3.16. The molecule has 0 unspecified atom stereocenters. The van der Waals surface area contributed by atoms with Gasteiger partial charge in [-0.2, -0.15) is 0 Å². The van der Waals surface area contributed by atoms with Gasteiger partial charge in [-0.05, 0) is 44.0 Å². The summed E-state index contributed by atoms with van der Waals surface area (Å²) in [4.78, 5) is 4.98. The number of benzene rings is 2. The fraction of sp³-hybridized carbons (Fsp3) is 0.381. The van der Waals surface area contributed by atoms with Crippen molar-refractivity contribution in [1.82, 2.24) is 10.6 Å². The molecular weight excluding hydrogens is 501 g/mol. The van der Waals surface area contributed by atoms with Crippen molar-refractivity contribution in [2.24, 2.45) is 4.99 Å². The Morgan fingerprint density at radius 2 is 1.72 bits per heavy atom. The van der Waals surface area contributed by atoms with Crippen LogP contribution < -0.4 is 15.4 Å².